The van der Waals surface area contributed by atoms with Gasteiger partial charge in [0.2, 0.25) is 5.91 Å². The van der Waals surface area contributed by atoms with Crippen LogP contribution in [0, 0.1) is 11.8 Å². The Bertz CT molecular complexity index is 333. The van der Waals surface area contributed by atoms with E-state index in [1.54, 1.807) is 0 Å². The summed E-state index contributed by atoms with van der Waals surface area (Å²) >= 11 is 0. The molecule has 124 valence electrons. The summed E-state index contributed by atoms with van der Waals surface area (Å²) in [4.78, 5) is 17.3. The average Bonchev–Trinajstić information content (AvgIpc) is 2.90. The van der Waals surface area contributed by atoms with Crippen molar-refractivity contribution in [2.75, 3.05) is 39.3 Å². The smallest absolute Gasteiger partial charge is 0.225 e. The highest BCUT2D eigenvalue weighted by Gasteiger charge is 2.35. The molecule has 0 bridgehead atoms. The Kier molecular flexibility index (Phi) is 7.75. The van der Waals surface area contributed by atoms with Gasteiger partial charge < -0.3 is 10.2 Å². The lowest BCUT2D eigenvalue weighted by molar-refractivity contribution is -0.139. The standard InChI is InChI=1S/C15H27N3O.2ClH/c1-12(13-9-16-10-13)15(19)18-8-4-5-14(11-18)17-6-2-3-7-17;;/h12-14,16H,2-11H2,1H3;2*1H. The Balaban J connectivity index is 0.00000110. The molecular formula is C15H29Cl2N3O. The zero-order chi connectivity index (χ0) is 13.2. The Morgan fingerprint density at radius 2 is 1.76 bits per heavy atom. The molecule has 1 amide bonds. The number of nitrogens with one attached hydrogen (secondary N) is 1. The van der Waals surface area contributed by atoms with Crippen LogP contribution >= 0.6 is 24.8 Å². The number of likely N-dealkylation sites (tertiary alicyclic amines) is 2. The minimum absolute atomic E-state index is 0. The number of nitrogens with zero attached hydrogens (tertiary/aromatic N) is 2. The largest absolute Gasteiger partial charge is 0.341 e. The monoisotopic (exact) mass is 337 g/mol. The number of rotatable bonds is 3. The van der Waals surface area contributed by atoms with Crippen molar-refractivity contribution in [2.45, 2.75) is 38.6 Å². The predicted octanol–water partition coefficient (Wildman–Crippen LogP) is 1.77. The van der Waals surface area contributed by atoms with Gasteiger partial charge in [-0.1, -0.05) is 6.92 Å². The second-order valence-electron chi connectivity index (χ2n) is 6.53. The first-order chi connectivity index (χ1) is 9.25. The number of piperidine rings is 1. The summed E-state index contributed by atoms with van der Waals surface area (Å²) in [6.45, 7) is 8.61. The maximum absolute atomic E-state index is 12.6. The molecule has 6 heteroatoms. The van der Waals surface area contributed by atoms with Gasteiger partial charge in [0.05, 0.1) is 0 Å². The first-order valence-corrected chi connectivity index (χ1v) is 7.99. The van der Waals surface area contributed by atoms with Crippen LogP contribution in [-0.4, -0.2) is 61.0 Å². The van der Waals surface area contributed by atoms with Crippen LogP contribution in [0.2, 0.25) is 0 Å². The highest BCUT2D eigenvalue weighted by Crippen LogP contribution is 2.24. The highest BCUT2D eigenvalue weighted by molar-refractivity contribution is 5.85. The third-order valence-electron chi connectivity index (χ3n) is 5.27. The summed E-state index contributed by atoms with van der Waals surface area (Å²) < 4.78 is 0. The van der Waals surface area contributed by atoms with Gasteiger partial charge in [-0.25, -0.2) is 0 Å². The molecule has 0 aromatic heterocycles. The lowest BCUT2D eigenvalue weighted by Gasteiger charge is -2.40. The molecule has 0 aliphatic carbocycles. The van der Waals surface area contributed by atoms with Crippen molar-refractivity contribution >= 4 is 30.7 Å². The van der Waals surface area contributed by atoms with E-state index in [4.69, 9.17) is 0 Å². The summed E-state index contributed by atoms with van der Waals surface area (Å²) in [7, 11) is 0. The Morgan fingerprint density at radius 3 is 2.33 bits per heavy atom. The molecule has 2 atom stereocenters. The molecule has 1 N–H and O–H groups in total. The van der Waals surface area contributed by atoms with E-state index < -0.39 is 0 Å². The van der Waals surface area contributed by atoms with Gasteiger partial charge in [0, 0.05) is 25.0 Å². The van der Waals surface area contributed by atoms with Crippen molar-refractivity contribution in [3.8, 4) is 0 Å². The van der Waals surface area contributed by atoms with E-state index in [0.29, 0.717) is 17.9 Å². The summed E-state index contributed by atoms with van der Waals surface area (Å²) in [6, 6.07) is 0.631. The fourth-order valence-electron chi connectivity index (χ4n) is 3.71. The van der Waals surface area contributed by atoms with Crippen molar-refractivity contribution in [1.29, 1.82) is 0 Å². The zero-order valence-corrected chi connectivity index (χ0v) is 14.6. The number of halogens is 2. The van der Waals surface area contributed by atoms with Crippen LogP contribution in [-0.2, 0) is 4.79 Å². The van der Waals surface area contributed by atoms with Crippen LogP contribution in [0.3, 0.4) is 0 Å². The molecule has 0 spiro atoms. The summed E-state index contributed by atoms with van der Waals surface area (Å²) in [5.74, 6) is 1.17. The van der Waals surface area contributed by atoms with E-state index in [1.165, 1.54) is 38.8 Å². The van der Waals surface area contributed by atoms with Gasteiger partial charge in [-0.3, -0.25) is 9.69 Å². The van der Waals surface area contributed by atoms with Crippen LogP contribution in [0.15, 0.2) is 0 Å². The molecule has 0 saturated carbocycles. The van der Waals surface area contributed by atoms with Crippen LogP contribution in [0.1, 0.15) is 32.6 Å². The van der Waals surface area contributed by atoms with Crippen LogP contribution in [0.4, 0.5) is 0 Å². The van der Waals surface area contributed by atoms with Gasteiger partial charge in [0.1, 0.15) is 0 Å². The van der Waals surface area contributed by atoms with E-state index in [-0.39, 0.29) is 30.7 Å². The van der Waals surface area contributed by atoms with Gasteiger partial charge in [-0.2, -0.15) is 0 Å². The molecule has 3 heterocycles. The lowest BCUT2D eigenvalue weighted by Crippen LogP contribution is -2.54. The molecular weight excluding hydrogens is 309 g/mol. The van der Waals surface area contributed by atoms with Crippen molar-refractivity contribution in [1.82, 2.24) is 15.1 Å². The minimum Gasteiger partial charge on any atom is -0.341 e. The van der Waals surface area contributed by atoms with Crippen molar-refractivity contribution < 1.29 is 4.79 Å². The second kappa shape index (κ2) is 8.56. The summed E-state index contributed by atoms with van der Waals surface area (Å²) in [5.41, 5.74) is 0. The quantitative estimate of drug-likeness (QED) is 0.852. The Labute approximate surface area is 140 Å². The minimum atomic E-state index is 0. The maximum atomic E-state index is 12.6. The number of amides is 1. The van der Waals surface area contributed by atoms with Crippen molar-refractivity contribution in [3.63, 3.8) is 0 Å². The van der Waals surface area contributed by atoms with E-state index in [1.807, 2.05) is 0 Å². The summed E-state index contributed by atoms with van der Waals surface area (Å²) in [5, 5.41) is 3.27. The van der Waals surface area contributed by atoms with E-state index in [9.17, 15) is 4.79 Å². The number of hydrogen-bond donors (Lipinski definition) is 1. The predicted molar refractivity (Wildman–Crippen MR) is 90.4 cm³/mol. The number of hydrogen-bond acceptors (Lipinski definition) is 3. The fourth-order valence-corrected chi connectivity index (χ4v) is 3.71. The molecule has 0 aromatic rings. The maximum Gasteiger partial charge on any atom is 0.225 e. The lowest BCUT2D eigenvalue weighted by atomic mass is 9.87. The number of carbonyl (C=O) groups excluding carboxylic acids is 1. The third kappa shape index (κ3) is 4.25. The molecule has 0 radical (unpaired) electrons. The molecule has 2 unspecified atom stereocenters. The normalized spacial score (nSPS) is 28.2. The molecule has 3 saturated heterocycles. The molecule has 21 heavy (non-hydrogen) atoms. The highest BCUT2D eigenvalue weighted by atomic mass is 35.5. The third-order valence-corrected chi connectivity index (χ3v) is 5.27. The molecule has 4 nitrogen and oxygen atoms in total. The Morgan fingerprint density at radius 1 is 1.10 bits per heavy atom. The Hall–Kier alpha value is -0.0300. The average molecular weight is 338 g/mol. The molecule has 3 aliphatic heterocycles. The summed E-state index contributed by atoms with van der Waals surface area (Å²) in [6.07, 6.45) is 5.15. The van der Waals surface area contributed by atoms with Crippen LogP contribution in [0.25, 0.3) is 0 Å². The van der Waals surface area contributed by atoms with Crippen molar-refractivity contribution in [3.05, 3.63) is 0 Å². The molecule has 3 fully saturated rings. The fraction of sp³-hybridized carbons (Fsp3) is 0.933. The van der Waals surface area contributed by atoms with Gasteiger partial charge in [-0.15, -0.1) is 24.8 Å². The number of carbonyl (C=O) groups is 1. The van der Waals surface area contributed by atoms with E-state index in [0.717, 1.165) is 26.2 Å². The van der Waals surface area contributed by atoms with Gasteiger partial charge in [0.15, 0.2) is 0 Å². The van der Waals surface area contributed by atoms with Gasteiger partial charge >= 0.3 is 0 Å². The first kappa shape index (κ1) is 19.0. The first-order valence-electron chi connectivity index (χ1n) is 7.99. The van der Waals surface area contributed by atoms with Crippen molar-refractivity contribution in [2.24, 2.45) is 11.8 Å². The van der Waals surface area contributed by atoms with Crippen LogP contribution in [0.5, 0.6) is 0 Å². The van der Waals surface area contributed by atoms with E-state index in [2.05, 4.69) is 22.0 Å². The zero-order valence-electron chi connectivity index (χ0n) is 12.9. The SMILES string of the molecule is CC(C(=O)N1CCCC(N2CCCC2)C1)C1CNC1.Cl.Cl. The topological polar surface area (TPSA) is 35.6 Å². The van der Waals surface area contributed by atoms with Crippen LogP contribution < -0.4 is 5.32 Å². The second-order valence-corrected chi connectivity index (χ2v) is 6.53. The van der Waals surface area contributed by atoms with Gasteiger partial charge in [-0.05, 0) is 57.8 Å². The van der Waals surface area contributed by atoms with Gasteiger partial charge in [0.25, 0.3) is 0 Å². The molecule has 3 rings (SSSR count). The van der Waals surface area contributed by atoms with E-state index >= 15 is 0 Å². The molecule has 3 aliphatic rings. The molecule has 0 aromatic carbocycles.